The van der Waals surface area contributed by atoms with E-state index in [0.29, 0.717) is 13.2 Å². The smallest absolute Gasteiger partial charge is 0.246 e. The number of carbonyl (C=O) groups excluding carboxylic acids is 1. The normalized spacial score (nSPS) is 21.9. The van der Waals surface area contributed by atoms with E-state index in [1.807, 2.05) is 18.2 Å². The molecule has 0 radical (unpaired) electrons. The van der Waals surface area contributed by atoms with Gasteiger partial charge in [-0.05, 0) is 39.7 Å². The molecule has 1 amide bonds. The Morgan fingerprint density at radius 2 is 1.88 bits per heavy atom. The average Bonchev–Trinajstić information content (AvgIpc) is 2.57. The van der Waals surface area contributed by atoms with Gasteiger partial charge in [0.2, 0.25) is 5.91 Å². The summed E-state index contributed by atoms with van der Waals surface area (Å²) in [6.45, 7) is 11.6. The van der Waals surface area contributed by atoms with Gasteiger partial charge >= 0.3 is 0 Å². The molecule has 1 aromatic carbocycles. The molecule has 1 aromatic rings. The zero-order valence-electron chi connectivity index (χ0n) is 16.0. The van der Waals surface area contributed by atoms with Crippen LogP contribution < -0.4 is 5.32 Å². The fourth-order valence-electron chi connectivity index (χ4n) is 3.15. The van der Waals surface area contributed by atoms with Crippen molar-refractivity contribution in [3.05, 3.63) is 35.9 Å². The first-order valence-electron chi connectivity index (χ1n) is 9.16. The molecule has 1 saturated heterocycles. The highest BCUT2D eigenvalue weighted by Gasteiger charge is 2.33. The minimum Gasteiger partial charge on any atom is -0.373 e. The van der Waals surface area contributed by atoms with Gasteiger partial charge < -0.3 is 14.8 Å². The maximum absolute atomic E-state index is 12.0. The molecule has 0 bridgehead atoms. The molecule has 2 atom stereocenters. The molecule has 1 fully saturated rings. The van der Waals surface area contributed by atoms with Crippen LogP contribution in [-0.2, 0) is 20.7 Å². The monoisotopic (exact) mass is 348 g/mol. The van der Waals surface area contributed by atoms with Gasteiger partial charge in [0.05, 0.1) is 18.8 Å². The Balaban J connectivity index is 1.66. The van der Waals surface area contributed by atoms with Crippen LogP contribution in [0.25, 0.3) is 0 Å². The first-order valence-corrected chi connectivity index (χ1v) is 9.16. The van der Waals surface area contributed by atoms with Crippen molar-refractivity contribution in [1.82, 2.24) is 10.2 Å². The Morgan fingerprint density at radius 3 is 2.52 bits per heavy atom. The Hall–Kier alpha value is -1.43. The van der Waals surface area contributed by atoms with E-state index in [-0.39, 0.29) is 30.3 Å². The number of amides is 1. The Labute approximate surface area is 151 Å². The van der Waals surface area contributed by atoms with Crippen molar-refractivity contribution in [2.24, 2.45) is 0 Å². The summed E-state index contributed by atoms with van der Waals surface area (Å²) in [6, 6.07) is 10.1. The zero-order chi connectivity index (χ0) is 18.3. The van der Waals surface area contributed by atoms with E-state index in [0.717, 1.165) is 19.5 Å². The lowest BCUT2D eigenvalue weighted by Crippen LogP contribution is -2.58. The molecule has 1 aliphatic rings. The van der Waals surface area contributed by atoms with Crippen LogP contribution in [0.4, 0.5) is 0 Å². The molecule has 2 rings (SSSR count). The standard InChI is InChI=1S/C20H32N2O3/c1-16-12-22(13-17(2)25-16)20(3,4)15-21-19(23)14-24-11-10-18-8-6-5-7-9-18/h5-9,16-17H,10-15H2,1-4H3,(H,21,23). The molecule has 0 spiro atoms. The minimum absolute atomic E-state index is 0.0597. The second-order valence-corrected chi connectivity index (χ2v) is 7.54. The molecule has 0 aromatic heterocycles. The summed E-state index contributed by atoms with van der Waals surface area (Å²) >= 11 is 0. The number of morpholine rings is 1. The van der Waals surface area contributed by atoms with Crippen LogP contribution in [0.15, 0.2) is 30.3 Å². The molecule has 5 nitrogen and oxygen atoms in total. The predicted molar refractivity (Wildman–Crippen MR) is 99.6 cm³/mol. The first-order chi connectivity index (χ1) is 11.9. The lowest BCUT2D eigenvalue weighted by atomic mass is 10.00. The number of nitrogens with zero attached hydrogens (tertiary/aromatic N) is 1. The van der Waals surface area contributed by atoms with Crippen LogP contribution in [0.2, 0.25) is 0 Å². The summed E-state index contributed by atoms with van der Waals surface area (Å²) in [4.78, 5) is 14.4. The molecule has 2 unspecified atom stereocenters. The Morgan fingerprint density at radius 1 is 1.24 bits per heavy atom. The summed E-state index contributed by atoms with van der Waals surface area (Å²) < 4.78 is 11.3. The van der Waals surface area contributed by atoms with Gasteiger partial charge in [0.25, 0.3) is 0 Å². The molecule has 1 aliphatic heterocycles. The molecule has 140 valence electrons. The van der Waals surface area contributed by atoms with E-state index < -0.39 is 0 Å². The van der Waals surface area contributed by atoms with Crippen molar-refractivity contribution in [3.63, 3.8) is 0 Å². The Bertz CT molecular complexity index is 523. The van der Waals surface area contributed by atoms with Gasteiger partial charge in [0.1, 0.15) is 6.61 Å². The van der Waals surface area contributed by atoms with E-state index in [4.69, 9.17) is 9.47 Å². The van der Waals surface area contributed by atoms with Gasteiger partial charge in [-0.15, -0.1) is 0 Å². The van der Waals surface area contributed by atoms with Crippen molar-refractivity contribution >= 4 is 5.91 Å². The minimum atomic E-state index is -0.105. The second-order valence-electron chi connectivity index (χ2n) is 7.54. The highest BCUT2D eigenvalue weighted by molar-refractivity contribution is 5.77. The van der Waals surface area contributed by atoms with Gasteiger partial charge in [0, 0.05) is 25.2 Å². The lowest BCUT2D eigenvalue weighted by Gasteiger charge is -2.45. The average molecular weight is 348 g/mol. The van der Waals surface area contributed by atoms with E-state index in [1.54, 1.807) is 0 Å². The maximum atomic E-state index is 12.0. The predicted octanol–water partition coefficient (Wildman–Crippen LogP) is 2.25. The van der Waals surface area contributed by atoms with E-state index in [9.17, 15) is 4.79 Å². The van der Waals surface area contributed by atoms with E-state index >= 15 is 0 Å². The molecule has 1 N–H and O–H groups in total. The van der Waals surface area contributed by atoms with Gasteiger partial charge in [-0.3, -0.25) is 9.69 Å². The van der Waals surface area contributed by atoms with Crippen LogP contribution in [0, 0.1) is 0 Å². The van der Waals surface area contributed by atoms with Crippen molar-refractivity contribution in [1.29, 1.82) is 0 Å². The first kappa shape index (κ1) is 19.9. The van der Waals surface area contributed by atoms with Gasteiger partial charge in [-0.2, -0.15) is 0 Å². The summed E-state index contributed by atoms with van der Waals surface area (Å²) in [5.74, 6) is -0.0597. The molecular weight excluding hydrogens is 316 g/mol. The largest absolute Gasteiger partial charge is 0.373 e. The fourth-order valence-corrected chi connectivity index (χ4v) is 3.15. The second kappa shape index (κ2) is 9.32. The molecular formula is C20H32N2O3. The van der Waals surface area contributed by atoms with Crippen molar-refractivity contribution in [3.8, 4) is 0 Å². The third-order valence-electron chi connectivity index (χ3n) is 4.60. The summed E-state index contributed by atoms with van der Waals surface area (Å²) in [5.41, 5.74) is 1.12. The quantitative estimate of drug-likeness (QED) is 0.732. The SMILES string of the molecule is CC1CN(C(C)(C)CNC(=O)COCCc2ccccc2)CC(C)O1. The molecule has 25 heavy (non-hydrogen) atoms. The van der Waals surface area contributed by atoms with Crippen LogP contribution in [0.3, 0.4) is 0 Å². The third-order valence-corrected chi connectivity index (χ3v) is 4.60. The number of nitrogens with one attached hydrogen (secondary N) is 1. The van der Waals surface area contributed by atoms with Gasteiger partial charge in [-0.1, -0.05) is 30.3 Å². The summed E-state index contributed by atoms with van der Waals surface area (Å²) in [6.07, 6.45) is 1.27. The Kier molecular flexibility index (Phi) is 7.41. The van der Waals surface area contributed by atoms with Crippen molar-refractivity contribution in [2.45, 2.75) is 51.9 Å². The zero-order valence-corrected chi connectivity index (χ0v) is 16.0. The topological polar surface area (TPSA) is 50.8 Å². The number of carbonyl (C=O) groups is 1. The summed E-state index contributed by atoms with van der Waals surface area (Å²) in [7, 11) is 0. The number of ether oxygens (including phenoxy) is 2. The molecule has 5 heteroatoms. The van der Waals surface area contributed by atoms with Gasteiger partial charge in [0.15, 0.2) is 0 Å². The highest BCUT2D eigenvalue weighted by Crippen LogP contribution is 2.20. The lowest BCUT2D eigenvalue weighted by molar-refractivity contribution is -0.127. The van der Waals surface area contributed by atoms with Gasteiger partial charge in [-0.25, -0.2) is 0 Å². The summed E-state index contributed by atoms with van der Waals surface area (Å²) in [5, 5.41) is 3.00. The molecule has 0 saturated carbocycles. The molecule has 0 aliphatic carbocycles. The molecule has 1 heterocycles. The number of hydrogen-bond acceptors (Lipinski definition) is 4. The van der Waals surface area contributed by atoms with Crippen LogP contribution in [0.1, 0.15) is 33.3 Å². The third kappa shape index (κ3) is 6.77. The van der Waals surface area contributed by atoms with Crippen molar-refractivity contribution < 1.29 is 14.3 Å². The number of hydrogen-bond donors (Lipinski definition) is 1. The van der Waals surface area contributed by atoms with Crippen LogP contribution >= 0.6 is 0 Å². The highest BCUT2D eigenvalue weighted by atomic mass is 16.5. The van der Waals surface area contributed by atoms with Crippen molar-refractivity contribution in [2.75, 3.05) is 32.8 Å². The van der Waals surface area contributed by atoms with Crippen LogP contribution in [-0.4, -0.2) is 61.4 Å². The van der Waals surface area contributed by atoms with Crippen LogP contribution in [0.5, 0.6) is 0 Å². The number of benzene rings is 1. The maximum Gasteiger partial charge on any atom is 0.246 e. The fraction of sp³-hybridized carbons (Fsp3) is 0.650. The van der Waals surface area contributed by atoms with E-state index in [1.165, 1.54) is 5.56 Å². The number of rotatable bonds is 8. The van der Waals surface area contributed by atoms with E-state index in [2.05, 4.69) is 50.0 Å².